The first kappa shape index (κ1) is 9.63. The van der Waals surface area contributed by atoms with Gasteiger partial charge in [-0.2, -0.15) is 13.9 Å². The van der Waals surface area contributed by atoms with Crippen LogP contribution in [-0.4, -0.2) is 20.9 Å². The molecule has 0 aliphatic rings. The van der Waals surface area contributed by atoms with E-state index in [1.807, 2.05) is 0 Å². The van der Waals surface area contributed by atoms with Gasteiger partial charge in [0, 0.05) is 20.0 Å². The van der Waals surface area contributed by atoms with Crippen molar-refractivity contribution in [3.05, 3.63) is 17.5 Å². The first-order valence-electron chi connectivity index (χ1n) is 3.48. The number of nitrogens with zero attached hydrogens (tertiary/aromatic N) is 2. The predicted molar refractivity (Wildman–Crippen MR) is 39.7 cm³/mol. The Labute approximate surface area is 72.8 Å². The topological polar surface area (TPSA) is 55.1 Å². The highest BCUT2D eigenvalue weighted by Crippen LogP contribution is 2.25. The maximum absolute atomic E-state index is 12.6. The fourth-order valence-corrected chi connectivity index (χ4v) is 0.882. The Morgan fingerprint density at radius 2 is 2.23 bits per heavy atom. The number of aromatic carboxylic acids is 1. The van der Waals surface area contributed by atoms with Crippen molar-refractivity contribution in [1.82, 2.24) is 9.78 Å². The molecule has 0 fully saturated rings. The molecule has 13 heavy (non-hydrogen) atoms. The minimum atomic E-state index is -3.11. The highest BCUT2D eigenvalue weighted by Gasteiger charge is 2.29. The van der Waals surface area contributed by atoms with Crippen molar-refractivity contribution in [2.45, 2.75) is 12.8 Å². The Bertz CT molecular complexity index is 341. The lowest BCUT2D eigenvalue weighted by Gasteiger charge is -2.03. The molecule has 4 nitrogen and oxygen atoms in total. The van der Waals surface area contributed by atoms with Gasteiger partial charge in [0.05, 0.1) is 0 Å². The molecule has 1 aromatic heterocycles. The standard InChI is InChI=1S/C7H8F2N2O2/c1-7(8,9)5-3-4(6(12)13)11(2)10-5/h3H,1-2H3,(H,12,13). The molecule has 0 atom stereocenters. The second kappa shape index (κ2) is 2.79. The van der Waals surface area contributed by atoms with E-state index in [1.165, 1.54) is 7.05 Å². The number of carboxylic acid groups (broad SMARTS) is 1. The second-order valence-electron chi connectivity index (χ2n) is 2.73. The van der Waals surface area contributed by atoms with E-state index in [0.717, 1.165) is 10.7 Å². The van der Waals surface area contributed by atoms with Gasteiger partial charge in [0.25, 0.3) is 5.92 Å². The van der Waals surface area contributed by atoms with Gasteiger partial charge in [0.1, 0.15) is 11.4 Å². The van der Waals surface area contributed by atoms with Gasteiger partial charge in [0.2, 0.25) is 0 Å². The smallest absolute Gasteiger partial charge is 0.354 e. The molecular formula is C7H8F2N2O2. The number of alkyl halides is 2. The van der Waals surface area contributed by atoms with Crippen LogP contribution in [-0.2, 0) is 13.0 Å². The van der Waals surface area contributed by atoms with Gasteiger partial charge in [0.15, 0.2) is 0 Å². The molecule has 1 rings (SSSR count). The Hall–Kier alpha value is -1.46. The zero-order valence-electron chi connectivity index (χ0n) is 7.08. The molecular weight excluding hydrogens is 182 g/mol. The number of rotatable bonds is 2. The number of aryl methyl sites for hydroxylation is 1. The molecule has 0 aromatic carbocycles. The van der Waals surface area contributed by atoms with Crippen LogP contribution in [0.2, 0.25) is 0 Å². The van der Waals surface area contributed by atoms with Gasteiger partial charge in [-0.05, 0) is 0 Å². The number of hydrogen-bond donors (Lipinski definition) is 1. The average Bonchev–Trinajstić information content (AvgIpc) is 2.29. The summed E-state index contributed by atoms with van der Waals surface area (Å²) in [7, 11) is 1.30. The Morgan fingerprint density at radius 3 is 2.46 bits per heavy atom. The van der Waals surface area contributed by atoms with Crippen LogP contribution in [0.5, 0.6) is 0 Å². The molecule has 0 radical (unpaired) electrons. The number of carboxylic acids is 1. The summed E-state index contributed by atoms with van der Waals surface area (Å²) in [6.45, 7) is 0.668. The minimum absolute atomic E-state index is 0.253. The SMILES string of the molecule is Cn1nc(C(C)(F)F)cc1C(=O)O. The summed E-state index contributed by atoms with van der Waals surface area (Å²) in [5.74, 6) is -4.38. The van der Waals surface area contributed by atoms with Crippen molar-refractivity contribution >= 4 is 5.97 Å². The van der Waals surface area contributed by atoms with Crippen molar-refractivity contribution in [1.29, 1.82) is 0 Å². The third-order valence-corrected chi connectivity index (χ3v) is 1.55. The zero-order valence-corrected chi connectivity index (χ0v) is 7.08. The van der Waals surface area contributed by atoms with Crippen LogP contribution in [0.4, 0.5) is 8.78 Å². The van der Waals surface area contributed by atoms with Crippen LogP contribution in [0, 0.1) is 0 Å². The van der Waals surface area contributed by atoms with Crippen molar-refractivity contribution in [2.75, 3.05) is 0 Å². The van der Waals surface area contributed by atoms with E-state index in [9.17, 15) is 13.6 Å². The summed E-state index contributed by atoms with van der Waals surface area (Å²) in [5, 5.41) is 11.9. The summed E-state index contributed by atoms with van der Waals surface area (Å²) in [6.07, 6.45) is 0. The van der Waals surface area contributed by atoms with E-state index >= 15 is 0 Å². The van der Waals surface area contributed by atoms with E-state index in [2.05, 4.69) is 5.10 Å². The lowest BCUT2D eigenvalue weighted by molar-refractivity contribution is 0.0122. The van der Waals surface area contributed by atoms with Gasteiger partial charge in [-0.15, -0.1) is 0 Å². The second-order valence-corrected chi connectivity index (χ2v) is 2.73. The maximum atomic E-state index is 12.6. The van der Waals surface area contributed by atoms with Crippen molar-refractivity contribution in [3.8, 4) is 0 Å². The normalized spacial score (nSPS) is 11.7. The van der Waals surface area contributed by atoms with Crippen molar-refractivity contribution < 1.29 is 18.7 Å². The van der Waals surface area contributed by atoms with E-state index in [4.69, 9.17) is 5.11 Å². The molecule has 0 amide bonds. The summed E-state index contributed by atoms with van der Waals surface area (Å²) in [4.78, 5) is 10.5. The molecule has 0 bridgehead atoms. The molecule has 1 heterocycles. The molecule has 0 saturated carbocycles. The molecule has 0 aliphatic carbocycles. The summed E-state index contributed by atoms with van der Waals surface area (Å²) in [6, 6.07) is 0.863. The van der Waals surface area contributed by atoms with Gasteiger partial charge in [-0.3, -0.25) is 4.68 Å². The van der Waals surface area contributed by atoms with Crippen LogP contribution in [0.1, 0.15) is 23.1 Å². The predicted octanol–water partition coefficient (Wildman–Crippen LogP) is 1.23. The van der Waals surface area contributed by atoms with E-state index in [-0.39, 0.29) is 5.69 Å². The molecule has 0 spiro atoms. The van der Waals surface area contributed by atoms with Crippen LogP contribution in [0.3, 0.4) is 0 Å². The van der Waals surface area contributed by atoms with Crippen LogP contribution in [0.15, 0.2) is 6.07 Å². The zero-order chi connectivity index (χ0) is 10.2. The van der Waals surface area contributed by atoms with Crippen molar-refractivity contribution in [2.24, 2.45) is 7.05 Å². The van der Waals surface area contributed by atoms with Gasteiger partial charge >= 0.3 is 5.97 Å². The number of aromatic nitrogens is 2. The fourth-order valence-electron chi connectivity index (χ4n) is 0.882. The Balaban J connectivity index is 3.17. The maximum Gasteiger partial charge on any atom is 0.354 e. The average molecular weight is 190 g/mol. The number of halogens is 2. The molecule has 0 aliphatic heterocycles. The first-order chi connectivity index (χ1) is 5.82. The van der Waals surface area contributed by atoms with Gasteiger partial charge in [-0.1, -0.05) is 0 Å². The number of carbonyl (C=O) groups is 1. The third-order valence-electron chi connectivity index (χ3n) is 1.55. The Morgan fingerprint density at radius 1 is 1.69 bits per heavy atom. The summed E-state index contributed by atoms with van der Waals surface area (Å²) < 4.78 is 26.2. The third kappa shape index (κ3) is 1.82. The van der Waals surface area contributed by atoms with E-state index in [1.54, 1.807) is 0 Å². The minimum Gasteiger partial charge on any atom is -0.477 e. The molecule has 6 heteroatoms. The quantitative estimate of drug-likeness (QED) is 0.763. The first-order valence-corrected chi connectivity index (χ1v) is 3.48. The van der Waals surface area contributed by atoms with Crippen molar-refractivity contribution in [3.63, 3.8) is 0 Å². The fraction of sp³-hybridized carbons (Fsp3) is 0.429. The lowest BCUT2D eigenvalue weighted by atomic mass is 10.2. The molecule has 72 valence electrons. The Kier molecular flexibility index (Phi) is 2.07. The monoisotopic (exact) mass is 190 g/mol. The van der Waals surface area contributed by atoms with Crippen LogP contribution in [0.25, 0.3) is 0 Å². The molecule has 0 saturated heterocycles. The van der Waals surface area contributed by atoms with Crippen LogP contribution < -0.4 is 0 Å². The lowest BCUT2D eigenvalue weighted by Crippen LogP contribution is -2.08. The van der Waals surface area contributed by atoms with Gasteiger partial charge < -0.3 is 5.11 Å². The van der Waals surface area contributed by atoms with E-state index < -0.39 is 17.6 Å². The molecule has 1 aromatic rings. The summed E-state index contributed by atoms with van der Waals surface area (Å²) in [5.41, 5.74) is -0.788. The van der Waals surface area contributed by atoms with Crippen LogP contribution >= 0.6 is 0 Å². The molecule has 1 N–H and O–H groups in total. The highest BCUT2D eigenvalue weighted by atomic mass is 19.3. The van der Waals surface area contributed by atoms with Gasteiger partial charge in [-0.25, -0.2) is 4.79 Å². The van der Waals surface area contributed by atoms with E-state index in [0.29, 0.717) is 6.92 Å². The highest BCUT2D eigenvalue weighted by molar-refractivity contribution is 5.85. The molecule has 0 unspecified atom stereocenters. The summed E-state index contributed by atoms with van der Waals surface area (Å²) >= 11 is 0. The largest absolute Gasteiger partial charge is 0.477 e. The number of hydrogen-bond acceptors (Lipinski definition) is 2.